The number of carbonyl (C=O) groups excluding carboxylic acids is 1. The van der Waals surface area contributed by atoms with Crippen LogP contribution in [0.2, 0.25) is 5.02 Å². The van der Waals surface area contributed by atoms with Gasteiger partial charge in [-0.3, -0.25) is 14.9 Å². The smallest absolute Gasteiger partial charge is 0.293 e. The molecule has 0 N–H and O–H groups in total. The van der Waals surface area contributed by atoms with Gasteiger partial charge < -0.3 is 4.74 Å². The van der Waals surface area contributed by atoms with E-state index < -0.39 is 4.92 Å². The quantitative estimate of drug-likeness (QED) is 0.335. The van der Waals surface area contributed by atoms with Crippen molar-refractivity contribution in [2.45, 2.75) is 6.42 Å². The van der Waals surface area contributed by atoms with Gasteiger partial charge in [0.1, 0.15) is 0 Å². The first-order chi connectivity index (χ1) is 7.15. The second-order valence-corrected chi connectivity index (χ2v) is 3.18. The number of nitro benzene ring substituents is 1. The molecule has 0 atom stereocenters. The van der Waals surface area contributed by atoms with Crippen LogP contribution in [0.3, 0.4) is 0 Å². The highest BCUT2D eigenvalue weighted by molar-refractivity contribution is 6.30. The van der Waals surface area contributed by atoms with E-state index in [0.717, 1.165) is 0 Å². The average Bonchev–Trinajstić information content (AvgIpc) is 2.20. The molecule has 0 bridgehead atoms. The molecule has 0 aliphatic rings. The summed E-state index contributed by atoms with van der Waals surface area (Å²) < 4.78 is 4.47. The molecule has 0 aromatic heterocycles. The summed E-state index contributed by atoms with van der Waals surface area (Å²) in [6, 6.07) is 4.39. The highest BCUT2D eigenvalue weighted by Gasteiger charge is 2.13. The van der Waals surface area contributed by atoms with E-state index in [2.05, 4.69) is 4.74 Å². The summed E-state index contributed by atoms with van der Waals surface area (Å²) in [6.45, 7) is 0.424. The Morgan fingerprint density at radius 3 is 2.87 bits per heavy atom. The fourth-order valence-electron chi connectivity index (χ4n) is 1.14. The lowest BCUT2D eigenvalue weighted by molar-refractivity contribution is -0.385. The molecule has 1 aromatic carbocycles. The predicted molar refractivity (Wildman–Crippen MR) is 53.8 cm³/mol. The topological polar surface area (TPSA) is 69.4 Å². The Labute approximate surface area is 90.8 Å². The van der Waals surface area contributed by atoms with Gasteiger partial charge >= 0.3 is 0 Å². The van der Waals surface area contributed by atoms with Crippen molar-refractivity contribution in [3.05, 3.63) is 38.9 Å². The van der Waals surface area contributed by atoms with E-state index >= 15 is 0 Å². The van der Waals surface area contributed by atoms with Gasteiger partial charge in [-0.2, -0.15) is 0 Å². The standard InChI is InChI=1S/C9H8ClNO4/c10-8-2-1-7(3-4-15-6-12)9(5-8)11(13)14/h1-2,5-6H,3-4H2. The molecule has 0 spiro atoms. The van der Waals surface area contributed by atoms with Gasteiger partial charge in [0.25, 0.3) is 12.2 Å². The van der Waals surface area contributed by atoms with E-state index in [1.807, 2.05) is 0 Å². The van der Waals surface area contributed by atoms with Crippen LogP contribution in [0.4, 0.5) is 5.69 Å². The van der Waals surface area contributed by atoms with Crippen molar-refractivity contribution in [2.24, 2.45) is 0 Å². The van der Waals surface area contributed by atoms with E-state index in [-0.39, 0.29) is 12.3 Å². The number of hydrogen-bond donors (Lipinski definition) is 0. The van der Waals surface area contributed by atoms with Gasteiger partial charge in [-0.15, -0.1) is 0 Å². The molecule has 0 saturated heterocycles. The predicted octanol–water partition coefficient (Wildman–Crippen LogP) is 1.96. The van der Waals surface area contributed by atoms with Crippen molar-refractivity contribution >= 4 is 23.8 Å². The third-order valence-corrected chi connectivity index (χ3v) is 2.04. The van der Waals surface area contributed by atoms with Crippen LogP contribution in [-0.4, -0.2) is 18.0 Å². The molecule has 1 aromatic rings. The van der Waals surface area contributed by atoms with Crippen LogP contribution in [0.5, 0.6) is 0 Å². The molecule has 6 heteroatoms. The highest BCUT2D eigenvalue weighted by atomic mass is 35.5. The number of halogens is 1. The van der Waals surface area contributed by atoms with Crippen LogP contribution >= 0.6 is 11.6 Å². The summed E-state index contributed by atoms with van der Waals surface area (Å²) in [7, 11) is 0. The molecule has 0 unspecified atom stereocenters. The molecule has 0 aliphatic carbocycles. The number of nitro groups is 1. The van der Waals surface area contributed by atoms with Crippen molar-refractivity contribution < 1.29 is 14.5 Å². The Morgan fingerprint density at radius 2 is 2.27 bits per heavy atom. The number of rotatable bonds is 5. The van der Waals surface area contributed by atoms with Crippen LogP contribution in [0.15, 0.2) is 18.2 Å². The Bertz CT molecular complexity index is 380. The molecule has 15 heavy (non-hydrogen) atoms. The molecule has 0 heterocycles. The fourth-order valence-corrected chi connectivity index (χ4v) is 1.30. The lowest BCUT2D eigenvalue weighted by Gasteiger charge is -2.02. The summed E-state index contributed by atoms with van der Waals surface area (Å²) in [6.07, 6.45) is 0.298. The van der Waals surface area contributed by atoms with Gasteiger partial charge in [0.2, 0.25) is 0 Å². The lowest BCUT2D eigenvalue weighted by Crippen LogP contribution is -2.00. The van der Waals surface area contributed by atoms with Gasteiger partial charge in [0.05, 0.1) is 11.5 Å². The minimum Gasteiger partial charge on any atom is -0.468 e. The van der Waals surface area contributed by atoms with Gasteiger partial charge in [0, 0.05) is 23.1 Å². The molecule has 0 saturated carbocycles. The third-order valence-electron chi connectivity index (χ3n) is 1.80. The first-order valence-corrected chi connectivity index (χ1v) is 4.51. The maximum atomic E-state index is 10.6. The minimum atomic E-state index is -0.512. The number of carbonyl (C=O) groups is 1. The van der Waals surface area contributed by atoms with Crippen molar-refractivity contribution in [1.29, 1.82) is 0 Å². The van der Waals surface area contributed by atoms with Crippen LogP contribution in [-0.2, 0) is 16.0 Å². The summed E-state index contributed by atoms with van der Waals surface area (Å²) in [5.41, 5.74) is 0.434. The zero-order valence-electron chi connectivity index (χ0n) is 7.68. The second-order valence-electron chi connectivity index (χ2n) is 2.75. The van der Waals surface area contributed by atoms with E-state index in [1.54, 1.807) is 12.1 Å². The molecule has 1 rings (SSSR count). The van der Waals surface area contributed by atoms with Crippen LogP contribution in [0, 0.1) is 10.1 Å². The minimum absolute atomic E-state index is 0.0583. The molecular formula is C9H8ClNO4. The van der Waals surface area contributed by atoms with E-state index in [1.165, 1.54) is 6.07 Å². The molecule has 0 radical (unpaired) electrons. The Kier molecular flexibility index (Phi) is 4.05. The van der Waals surface area contributed by atoms with Crippen molar-refractivity contribution in [3.8, 4) is 0 Å². The Balaban J connectivity index is 2.85. The number of hydrogen-bond acceptors (Lipinski definition) is 4. The van der Waals surface area contributed by atoms with Gasteiger partial charge in [-0.25, -0.2) is 0 Å². The lowest BCUT2D eigenvalue weighted by atomic mass is 10.1. The summed E-state index contributed by atoms with van der Waals surface area (Å²) in [5.74, 6) is 0. The zero-order valence-corrected chi connectivity index (χ0v) is 8.44. The van der Waals surface area contributed by atoms with Gasteiger partial charge in [0.15, 0.2) is 0 Å². The van der Waals surface area contributed by atoms with Crippen LogP contribution in [0.1, 0.15) is 5.56 Å². The van der Waals surface area contributed by atoms with Crippen LogP contribution < -0.4 is 0 Å². The van der Waals surface area contributed by atoms with Crippen molar-refractivity contribution in [1.82, 2.24) is 0 Å². The summed E-state index contributed by atoms with van der Waals surface area (Å²) in [4.78, 5) is 20.0. The van der Waals surface area contributed by atoms with Gasteiger partial charge in [-0.05, 0) is 6.07 Å². The average molecular weight is 230 g/mol. The molecule has 5 nitrogen and oxygen atoms in total. The van der Waals surface area contributed by atoms with Crippen molar-refractivity contribution in [3.63, 3.8) is 0 Å². The molecular weight excluding hydrogens is 222 g/mol. The maximum Gasteiger partial charge on any atom is 0.293 e. The van der Waals surface area contributed by atoms with Gasteiger partial charge in [-0.1, -0.05) is 17.7 Å². The molecule has 0 fully saturated rings. The normalized spacial score (nSPS) is 9.67. The van der Waals surface area contributed by atoms with E-state index in [0.29, 0.717) is 23.5 Å². The Hall–Kier alpha value is -1.62. The monoisotopic (exact) mass is 229 g/mol. The molecule has 0 aliphatic heterocycles. The van der Waals surface area contributed by atoms with E-state index in [9.17, 15) is 14.9 Å². The van der Waals surface area contributed by atoms with E-state index in [4.69, 9.17) is 11.6 Å². The summed E-state index contributed by atoms with van der Waals surface area (Å²) in [5, 5.41) is 11.0. The third kappa shape index (κ3) is 3.21. The first kappa shape index (κ1) is 11.5. The number of benzene rings is 1. The van der Waals surface area contributed by atoms with Crippen molar-refractivity contribution in [2.75, 3.05) is 6.61 Å². The fraction of sp³-hybridized carbons (Fsp3) is 0.222. The molecule has 80 valence electrons. The zero-order chi connectivity index (χ0) is 11.3. The summed E-state index contributed by atoms with van der Waals surface area (Å²) >= 11 is 5.63. The molecule has 0 amide bonds. The largest absolute Gasteiger partial charge is 0.468 e. The second kappa shape index (κ2) is 5.31. The van der Waals surface area contributed by atoms with Crippen LogP contribution in [0.25, 0.3) is 0 Å². The SMILES string of the molecule is O=COCCc1ccc(Cl)cc1[N+](=O)[O-]. The first-order valence-electron chi connectivity index (χ1n) is 4.13. The Morgan fingerprint density at radius 1 is 1.53 bits per heavy atom. The highest BCUT2D eigenvalue weighted by Crippen LogP contribution is 2.23. The maximum absolute atomic E-state index is 10.6. The number of ether oxygens (including phenoxy) is 1. The number of nitrogens with zero attached hydrogens (tertiary/aromatic N) is 1.